The lowest BCUT2D eigenvalue weighted by atomic mass is 10.1. The van der Waals surface area contributed by atoms with E-state index in [2.05, 4.69) is 25.9 Å². The summed E-state index contributed by atoms with van der Waals surface area (Å²) in [6.45, 7) is 0. The highest BCUT2D eigenvalue weighted by Crippen LogP contribution is 2.15. The van der Waals surface area contributed by atoms with Gasteiger partial charge in [0, 0.05) is 6.42 Å². The van der Waals surface area contributed by atoms with E-state index in [-0.39, 0.29) is 5.82 Å². The fourth-order valence-corrected chi connectivity index (χ4v) is 1.64. The third-order valence-corrected chi connectivity index (χ3v) is 2.62. The summed E-state index contributed by atoms with van der Waals surface area (Å²) in [6, 6.07) is 6.55. The van der Waals surface area contributed by atoms with Crippen LogP contribution in [0.3, 0.4) is 0 Å². The Morgan fingerprint density at radius 2 is 2.29 bits per heavy atom. The van der Waals surface area contributed by atoms with Gasteiger partial charge < -0.3 is 4.98 Å². The first kappa shape index (κ1) is 9.40. The molecule has 0 saturated heterocycles. The van der Waals surface area contributed by atoms with E-state index in [4.69, 9.17) is 0 Å². The van der Waals surface area contributed by atoms with E-state index in [9.17, 15) is 4.39 Å². The molecule has 0 bridgehead atoms. The minimum absolute atomic E-state index is 0.210. The second kappa shape index (κ2) is 3.92. The first-order valence-corrected chi connectivity index (χ1v) is 4.97. The van der Waals surface area contributed by atoms with E-state index in [1.807, 2.05) is 6.07 Å². The highest BCUT2D eigenvalue weighted by molar-refractivity contribution is 9.10. The fourth-order valence-electron chi connectivity index (χ4n) is 1.28. The van der Waals surface area contributed by atoms with Gasteiger partial charge in [-0.25, -0.2) is 9.37 Å². The summed E-state index contributed by atoms with van der Waals surface area (Å²) in [5, 5.41) is 0. The maximum atomic E-state index is 12.9. The Morgan fingerprint density at radius 3 is 2.93 bits per heavy atom. The second-order valence-electron chi connectivity index (χ2n) is 2.98. The molecule has 4 heteroatoms. The number of nitrogens with zero attached hydrogens (tertiary/aromatic N) is 1. The molecule has 0 radical (unpaired) electrons. The summed E-state index contributed by atoms with van der Waals surface area (Å²) in [6.07, 6.45) is 2.26. The molecule has 1 N–H and O–H groups in total. The summed E-state index contributed by atoms with van der Waals surface area (Å²) in [7, 11) is 0. The van der Waals surface area contributed by atoms with E-state index in [0.717, 1.165) is 15.9 Å². The molecule has 72 valence electrons. The standard InChI is InChI=1S/C10H8BrFN2/c11-10-9(13-6-14-10)5-7-2-1-3-8(12)4-7/h1-4,6H,5H2,(H,13,14). The van der Waals surface area contributed by atoms with Crippen LogP contribution in [0.15, 0.2) is 35.2 Å². The van der Waals surface area contributed by atoms with Gasteiger partial charge in [0.15, 0.2) is 0 Å². The molecule has 1 aromatic carbocycles. The molecule has 1 aromatic heterocycles. The topological polar surface area (TPSA) is 28.7 Å². The second-order valence-corrected chi connectivity index (χ2v) is 3.73. The Kier molecular flexibility index (Phi) is 2.63. The number of aromatic nitrogens is 2. The smallest absolute Gasteiger partial charge is 0.127 e. The fraction of sp³-hybridized carbons (Fsp3) is 0.100. The molecule has 0 unspecified atom stereocenters. The maximum absolute atomic E-state index is 12.9. The van der Waals surface area contributed by atoms with Gasteiger partial charge in [-0.2, -0.15) is 0 Å². The number of H-pyrrole nitrogens is 1. The molecule has 1 heterocycles. The van der Waals surface area contributed by atoms with Crippen LogP contribution in [0.4, 0.5) is 4.39 Å². The van der Waals surface area contributed by atoms with Crippen molar-refractivity contribution >= 4 is 15.9 Å². The molecule has 0 fully saturated rings. The van der Waals surface area contributed by atoms with Crippen LogP contribution in [0.5, 0.6) is 0 Å². The molecule has 0 atom stereocenters. The Labute approximate surface area is 89.3 Å². The third-order valence-electron chi connectivity index (χ3n) is 1.94. The van der Waals surface area contributed by atoms with Crippen molar-refractivity contribution in [2.75, 3.05) is 0 Å². The first-order valence-electron chi connectivity index (χ1n) is 4.18. The van der Waals surface area contributed by atoms with Gasteiger partial charge in [0.05, 0.1) is 12.0 Å². The molecular weight excluding hydrogens is 247 g/mol. The average molecular weight is 255 g/mol. The molecule has 2 rings (SSSR count). The molecular formula is C10H8BrFN2. The van der Waals surface area contributed by atoms with Gasteiger partial charge in [-0.1, -0.05) is 12.1 Å². The number of hydrogen-bond acceptors (Lipinski definition) is 1. The number of halogens is 2. The third kappa shape index (κ3) is 2.01. The monoisotopic (exact) mass is 254 g/mol. The lowest BCUT2D eigenvalue weighted by Gasteiger charge is -1.99. The van der Waals surface area contributed by atoms with Gasteiger partial charge >= 0.3 is 0 Å². The Balaban J connectivity index is 2.23. The van der Waals surface area contributed by atoms with E-state index in [1.165, 1.54) is 12.1 Å². The van der Waals surface area contributed by atoms with Gasteiger partial charge in [-0.05, 0) is 33.6 Å². The molecule has 0 saturated carbocycles. The number of imidazole rings is 1. The quantitative estimate of drug-likeness (QED) is 0.878. The zero-order valence-electron chi connectivity index (χ0n) is 7.30. The number of aromatic amines is 1. The predicted octanol–water partition coefficient (Wildman–Crippen LogP) is 2.90. The van der Waals surface area contributed by atoms with Crippen LogP contribution in [0, 0.1) is 5.82 Å². The predicted molar refractivity (Wildman–Crippen MR) is 55.5 cm³/mol. The van der Waals surface area contributed by atoms with E-state index in [1.54, 1.807) is 12.4 Å². The zero-order valence-corrected chi connectivity index (χ0v) is 8.88. The minimum atomic E-state index is -0.210. The Bertz CT molecular complexity index is 439. The summed E-state index contributed by atoms with van der Waals surface area (Å²) >= 11 is 3.31. The summed E-state index contributed by atoms with van der Waals surface area (Å²) in [5.74, 6) is -0.210. The van der Waals surface area contributed by atoms with Crippen LogP contribution in [-0.2, 0) is 6.42 Å². The van der Waals surface area contributed by atoms with Crippen LogP contribution in [0.2, 0.25) is 0 Å². The molecule has 0 aliphatic rings. The number of hydrogen-bond donors (Lipinski definition) is 1. The van der Waals surface area contributed by atoms with E-state index >= 15 is 0 Å². The van der Waals surface area contributed by atoms with Crippen molar-refractivity contribution in [3.05, 3.63) is 52.3 Å². The lowest BCUT2D eigenvalue weighted by molar-refractivity contribution is 0.626. The van der Waals surface area contributed by atoms with Crippen LogP contribution in [-0.4, -0.2) is 9.97 Å². The largest absolute Gasteiger partial charge is 0.347 e. The number of nitrogens with one attached hydrogen (secondary N) is 1. The maximum Gasteiger partial charge on any atom is 0.127 e. The van der Waals surface area contributed by atoms with Crippen molar-refractivity contribution < 1.29 is 4.39 Å². The molecule has 0 aliphatic carbocycles. The molecule has 0 spiro atoms. The Morgan fingerprint density at radius 1 is 1.43 bits per heavy atom. The molecule has 2 nitrogen and oxygen atoms in total. The van der Waals surface area contributed by atoms with Crippen molar-refractivity contribution in [3.8, 4) is 0 Å². The average Bonchev–Trinajstić information content (AvgIpc) is 2.52. The van der Waals surface area contributed by atoms with Gasteiger partial charge in [0.2, 0.25) is 0 Å². The first-order chi connectivity index (χ1) is 6.75. The zero-order chi connectivity index (χ0) is 9.97. The molecule has 2 aromatic rings. The van der Waals surface area contributed by atoms with Gasteiger partial charge in [-0.3, -0.25) is 0 Å². The Hall–Kier alpha value is -1.16. The van der Waals surface area contributed by atoms with E-state index in [0.29, 0.717) is 6.42 Å². The highest BCUT2D eigenvalue weighted by Gasteiger charge is 2.03. The van der Waals surface area contributed by atoms with Gasteiger partial charge in [0.1, 0.15) is 10.4 Å². The van der Waals surface area contributed by atoms with Crippen molar-refractivity contribution in [2.24, 2.45) is 0 Å². The molecule has 14 heavy (non-hydrogen) atoms. The lowest BCUT2D eigenvalue weighted by Crippen LogP contribution is -1.90. The van der Waals surface area contributed by atoms with Crippen molar-refractivity contribution in [1.29, 1.82) is 0 Å². The number of benzene rings is 1. The summed E-state index contributed by atoms with van der Waals surface area (Å²) < 4.78 is 13.6. The van der Waals surface area contributed by atoms with Gasteiger partial charge in [0.25, 0.3) is 0 Å². The van der Waals surface area contributed by atoms with Crippen LogP contribution in [0.1, 0.15) is 11.3 Å². The van der Waals surface area contributed by atoms with E-state index < -0.39 is 0 Å². The molecule has 0 amide bonds. The van der Waals surface area contributed by atoms with Gasteiger partial charge in [-0.15, -0.1) is 0 Å². The van der Waals surface area contributed by atoms with Crippen molar-refractivity contribution in [3.63, 3.8) is 0 Å². The number of rotatable bonds is 2. The summed E-state index contributed by atoms with van der Waals surface area (Å²) in [5.41, 5.74) is 1.88. The SMILES string of the molecule is Fc1cccc(Cc2[nH]cnc2Br)c1. The van der Waals surface area contributed by atoms with Crippen LogP contribution < -0.4 is 0 Å². The van der Waals surface area contributed by atoms with Crippen LogP contribution >= 0.6 is 15.9 Å². The normalized spacial score (nSPS) is 10.4. The van der Waals surface area contributed by atoms with Crippen molar-refractivity contribution in [2.45, 2.75) is 6.42 Å². The summed E-state index contributed by atoms with van der Waals surface area (Å²) in [4.78, 5) is 7.00. The molecule has 0 aliphatic heterocycles. The van der Waals surface area contributed by atoms with Crippen molar-refractivity contribution in [1.82, 2.24) is 9.97 Å². The highest BCUT2D eigenvalue weighted by atomic mass is 79.9. The minimum Gasteiger partial charge on any atom is -0.347 e. The van der Waals surface area contributed by atoms with Crippen LogP contribution in [0.25, 0.3) is 0 Å².